The van der Waals surface area contributed by atoms with Gasteiger partial charge in [-0.15, -0.1) is 0 Å². The van der Waals surface area contributed by atoms with Gasteiger partial charge in [0.25, 0.3) is 0 Å². The van der Waals surface area contributed by atoms with Gasteiger partial charge in [-0.2, -0.15) is 0 Å². The lowest BCUT2D eigenvalue weighted by Crippen LogP contribution is -2.61. The molecule has 2 N–H and O–H groups in total. The zero-order chi connectivity index (χ0) is 13.5. The lowest BCUT2D eigenvalue weighted by molar-refractivity contribution is -0.0442. The van der Waals surface area contributed by atoms with E-state index in [-0.39, 0.29) is 5.54 Å². The third-order valence-electron chi connectivity index (χ3n) is 4.48. The summed E-state index contributed by atoms with van der Waals surface area (Å²) in [6.07, 6.45) is 3.73. The van der Waals surface area contributed by atoms with Crippen molar-refractivity contribution >= 4 is 0 Å². The average molecular weight is 240 g/mol. The van der Waals surface area contributed by atoms with Crippen molar-refractivity contribution in [2.75, 3.05) is 13.6 Å². The highest BCUT2D eigenvalue weighted by molar-refractivity contribution is 5.04. The normalized spacial score (nSPS) is 26.5. The van der Waals surface area contributed by atoms with Crippen LogP contribution in [0.1, 0.15) is 60.8 Å². The van der Waals surface area contributed by atoms with Crippen molar-refractivity contribution < 1.29 is 0 Å². The second-order valence-electron chi connectivity index (χ2n) is 7.99. The monoisotopic (exact) mass is 240 g/mol. The Morgan fingerprint density at radius 3 is 1.71 bits per heavy atom. The number of rotatable bonds is 3. The molecule has 0 saturated heterocycles. The zero-order valence-electron chi connectivity index (χ0n) is 12.9. The van der Waals surface area contributed by atoms with Gasteiger partial charge in [0.1, 0.15) is 0 Å². The topological polar surface area (TPSA) is 29.3 Å². The fourth-order valence-corrected chi connectivity index (χ4v) is 4.35. The van der Waals surface area contributed by atoms with Crippen molar-refractivity contribution in [2.24, 2.45) is 16.6 Å². The van der Waals surface area contributed by atoms with Crippen LogP contribution in [-0.4, -0.2) is 30.1 Å². The molecule has 1 aliphatic rings. The van der Waals surface area contributed by atoms with E-state index < -0.39 is 0 Å². The van der Waals surface area contributed by atoms with Gasteiger partial charge in [-0.3, -0.25) is 4.90 Å². The molecular formula is C15H32N2. The molecule has 1 saturated carbocycles. The van der Waals surface area contributed by atoms with E-state index in [0.29, 0.717) is 16.9 Å². The summed E-state index contributed by atoms with van der Waals surface area (Å²) in [5, 5.41) is 0. The van der Waals surface area contributed by atoms with Crippen LogP contribution in [0.2, 0.25) is 0 Å². The van der Waals surface area contributed by atoms with E-state index in [2.05, 4.69) is 53.5 Å². The Bertz CT molecular complexity index is 250. The minimum atomic E-state index is 0.180. The summed E-state index contributed by atoms with van der Waals surface area (Å²) in [6.45, 7) is 14.9. The lowest BCUT2D eigenvalue weighted by Gasteiger charge is -2.56. The predicted octanol–water partition coefficient (Wildman–Crippen LogP) is 3.26. The van der Waals surface area contributed by atoms with Crippen molar-refractivity contribution in [1.29, 1.82) is 0 Å². The maximum Gasteiger partial charge on any atom is 0.0341 e. The molecule has 0 heterocycles. The van der Waals surface area contributed by atoms with Crippen molar-refractivity contribution in [3.63, 3.8) is 0 Å². The summed E-state index contributed by atoms with van der Waals surface area (Å²) in [7, 11) is 2.25. The summed E-state index contributed by atoms with van der Waals surface area (Å²) in [4.78, 5) is 2.51. The summed E-state index contributed by atoms with van der Waals surface area (Å²) in [5.74, 6) is 0. The largest absolute Gasteiger partial charge is 0.329 e. The third-order valence-corrected chi connectivity index (χ3v) is 4.48. The fraction of sp³-hybridized carbons (Fsp3) is 1.00. The molecule has 17 heavy (non-hydrogen) atoms. The second kappa shape index (κ2) is 4.55. The van der Waals surface area contributed by atoms with Gasteiger partial charge in [-0.1, -0.05) is 27.7 Å². The van der Waals surface area contributed by atoms with Crippen LogP contribution in [-0.2, 0) is 0 Å². The fourth-order valence-electron chi connectivity index (χ4n) is 4.35. The van der Waals surface area contributed by atoms with Gasteiger partial charge < -0.3 is 5.73 Å². The van der Waals surface area contributed by atoms with Crippen LogP contribution in [0.25, 0.3) is 0 Å². The SMILES string of the molecule is CC(C)N(C)C1(CN)CC(C)(C)CC(C)(C)C1. The number of hydrogen-bond acceptors (Lipinski definition) is 2. The van der Waals surface area contributed by atoms with Crippen molar-refractivity contribution in [2.45, 2.75) is 72.4 Å². The smallest absolute Gasteiger partial charge is 0.0341 e. The first-order valence-electron chi connectivity index (χ1n) is 6.97. The van der Waals surface area contributed by atoms with E-state index in [0.717, 1.165) is 6.54 Å². The van der Waals surface area contributed by atoms with Crippen molar-refractivity contribution in [1.82, 2.24) is 4.90 Å². The van der Waals surface area contributed by atoms with E-state index >= 15 is 0 Å². The van der Waals surface area contributed by atoms with Crippen LogP contribution in [0, 0.1) is 10.8 Å². The van der Waals surface area contributed by atoms with Crippen LogP contribution in [0.15, 0.2) is 0 Å². The molecule has 0 aromatic rings. The van der Waals surface area contributed by atoms with Crippen molar-refractivity contribution in [3.8, 4) is 0 Å². The molecule has 0 radical (unpaired) electrons. The zero-order valence-corrected chi connectivity index (χ0v) is 12.9. The van der Waals surface area contributed by atoms with Crippen LogP contribution in [0.3, 0.4) is 0 Å². The van der Waals surface area contributed by atoms with E-state index in [1.807, 2.05) is 0 Å². The van der Waals surface area contributed by atoms with Gasteiger partial charge in [0.2, 0.25) is 0 Å². The summed E-state index contributed by atoms with van der Waals surface area (Å²) < 4.78 is 0. The van der Waals surface area contributed by atoms with Crippen LogP contribution >= 0.6 is 0 Å². The van der Waals surface area contributed by atoms with Gasteiger partial charge in [-0.25, -0.2) is 0 Å². The molecule has 0 atom stereocenters. The van der Waals surface area contributed by atoms with E-state index in [1.54, 1.807) is 0 Å². The molecule has 0 unspecified atom stereocenters. The molecule has 0 spiro atoms. The van der Waals surface area contributed by atoms with Crippen molar-refractivity contribution in [3.05, 3.63) is 0 Å². The molecule has 1 fully saturated rings. The Kier molecular flexibility index (Phi) is 4.01. The molecular weight excluding hydrogens is 208 g/mol. The van der Waals surface area contributed by atoms with E-state index in [9.17, 15) is 0 Å². The van der Waals surface area contributed by atoms with E-state index in [4.69, 9.17) is 5.73 Å². The van der Waals surface area contributed by atoms with Gasteiger partial charge in [-0.05, 0) is 51.0 Å². The number of hydrogen-bond donors (Lipinski definition) is 1. The molecule has 102 valence electrons. The molecule has 0 aromatic heterocycles. The van der Waals surface area contributed by atoms with E-state index in [1.165, 1.54) is 19.3 Å². The Morgan fingerprint density at radius 1 is 1.00 bits per heavy atom. The Hall–Kier alpha value is -0.0800. The standard InChI is InChI=1S/C15H32N2/c1-12(2)17(7)15(11-16)9-13(3,4)8-14(5,6)10-15/h12H,8-11,16H2,1-7H3. The predicted molar refractivity (Wildman–Crippen MR) is 76.1 cm³/mol. The summed E-state index contributed by atoms with van der Waals surface area (Å²) in [6, 6.07) is 0.559. The van der Waals surface area contributed by atoms with Crippen LogP contribution in [0.5, 0.6) is 0 Å². The Labute approximate surface area is 108 Å². The minimum Gasteiger partial charge on any atom is -0.329 e. The number of nitrogens with zero attached hydrogens (tertiary/aromatic N) is 1. The quantitative estimate of drug-likeness (QED) is 0.820. The molecule has 2 nitrogen and oxygen atoms in total. The second-order valence-corrected chi connectivity index (χ2v) is 7.99. The van der Waals surface area contributed by atoms with Gasteiger partial charge >= 0.3 is 0 Å². The summed E-state index contributed by atoms with van der Waals surface area (Å²) in [5.41, 5.74) is 7.14. The van der Waals surface area contributed by atoms with Gasteiger partial charge in [0.05, 0.1) is 0 Å². The molecule has 0 amide bonds. The van der Waals surface area contributed by atoms with Gasteiger partial charge in [0.15, 0.2) is 0 Å². The Morgan fingerprint density at radius 2 is 1.41 bits per heavy atom. The molecule has 2 heteroatoms. The molecule has 0 aliphatic heterocycles. The Balaban J connectivity index is 3.06. The molecule has 0 aromatic carbocycles. The van der Waals surface area contributed by atoms with Crippen LogP contribution < -0.4 is 5.73 Å². The maximum atomic E-state index is 6.18. The lowest BCUT2D eigenvalue weighted by atomic mass is 9.58. The third kappa shape index (κ3) is 3.23. The maximum absolute atomic E-state index is 6.18. The highest BCUT2D eigenvalue weighted by Crippen LogP contribution is 2.51. The highest BCUT2D eigenvalue weighted by Gasteiger charge is 2.49. The molecule has 0 bridgehead atoms. The molecule has 1 rings (SSSR count). The summed E-state index contributed by atoms with van der Waals surface area (Å²) >= 11 is 0. The first kappa shape index (κ1) is 15.0. The minimum absolute atomic E-state index is 0.180. The first-order valence-corrected chi connectivity index (χ1v) is 6.97. The molecule has 1 aliphatic carbocycles. The highest BCUT2D eigenvalue weighted by atomic mass is 15.2. The average Bonchev–Trinajstić information content (AvgIpc) is 2.11. The number of nitrogens with two attached hydrogens (primary N) is 1. The van der Waals surface area contributed by atoms with Gasteiger partial charge in [0, 0.05) is 18.1 Å². The number of likely N-dealkylation sites (N-methyl/N-ethyl adjacent to an activating group) is 1. The first-order chi connectivity index (χ1) is 7.54. The van der Waals surface area contributed by atoms with Crippen LogP contribution in [0.4, 0.5) is 0 Å².